The zero-order valence-corrected chi connectivity index (χ0v) is 11.9. The number of amides is 1. The van der Waals surface area contributed by atoms with E-state index >= 15 is 0 Å². The summed E-state index contributed by atoms with van der Waals surface area (Å²) in [4.78, 5) is 13.2. The van der Waals surface area contributed by atoms with Crippen LogP contribution in [0.2, 0.25) is 0 Å². The molecule has 0 spiro atoms. The predicted molar refractivity (Wildman–Crippen MR) is 76.4 cm³/mol. The number of hydrogen-bond donors (Lipinski definition) is 1. The van der Waals surface area contributed by atoms with Gasteiger partial charge in [0.1, 0.15) is 11.6 Å². The fourth-order valence-corrected chi connectivity index (χ4v) is 1.82. The van der Waals surface area contributed by atoms with E-state index < -0.39 is 17.5 Å². The monoisotopic (exact) mass is 307 g/mol. The van der Waals surface area contributed by atoms with Gasteiger partial charge >= 0.3 is 0 Å². The summed E-state index contributed by atoms with van der Waals surface area (Å²) in [7, 11) is 1.49. The summed E-state index contributed by atoms with van der Waals surface area (Å²) in [5.41, 5.74) is 0.208. The third-order valence-electron chi connectivity index (χ3n) is 3.06. The number of nitrogens with zero attached hydrogens (tertiary/aromatic N) is 1. The smallest absolute Gasteiger partial charge is 0.260 e. The second kappa shape index (κ2) is 6.89. The van der Waals surface area contributed by atoms with Crippen LogP contribution in [-0.4, -0.2) is 29.6 Å². The summed E-state index contributed by atoms with van der Waals surface area (Å²) in [5.74, 6) is -1.65. The maximum absolute atomic E-state index is 13.5. The van der Waals surface area contributed by atoms with Gasteiger partial charge in [0.25, 0.3) is 5.91 Å². The molecule has 1 N–H and O–H groups in total. The molecule has 116 valence electrons. The maximum atomic E-state index is 13.5. The molecule has 0 heterocycles. The van der Waals surface area contributed by atoms with Gasteiger partial charge in [0.2, 0.25) is 0 Å². The highest BCUT2D eigenvalue weighted by atomic mass is 19.1. The largest absolute Gasteiger partial charge is 0.504 e. The number of carbonyl (C=O) groups excluding carboxylic acids is 1. The number of carbonyl (C=O) groups is 1. The Kier molecular flexibility index (Phi) is 4.93. The average molecular weight is 307 g/mol. The van der Waals surface area contributed by atoms with Crippen LogP contribution in [0, 0.1) is 11.6 Å². The van der Waals surface area contributed by atoms with E-state index in [2.05, 4.69) is 0 Å². The molecule has 1 amide bonds. The Morgan fingerprint density at radius 2 is 1.95 bits per heavy atom. The summed E-state index contributed by atoms with van der Waals surface area (Å²) in [6, 6.07) is 9.46. The minimum absolute atomic E-state index is 0.00488. The molecule has 2 rings (SSSR count). The van der Waals surface area contributed by atoms with Crippen molar-refractivity contribution in [3.8, 4) is 11.5 Å². The minimum atomic E-state index is -0.707. The lowest BCUT2D eigenvalue weighted by molar-refractivity contribution is -0.132. The van der Waals surface area contributed by atoms with Gasteiger partial charge in [-0.15, -0.1) is 0 Å². The van der Waals surface area contributed by atoms with Crippen LogP contribution in [-0.2, 0) is 11.3 Å². The number of phenols is 1. The molecule has 0 atom stereocenters. The molecule has 0 unspecified atom stereocenters. The summed E-state index contributed by atoms with van der Waals surface area (Å²) in [6.07, 6.45) is 0. The van der Waals surface area contributed by atoms with E-state index in [1.807, 2.05) is 0 Å². The molecule has 0 saturated carbocycles. The second-order valence-corrected chi connectivity index (χ2v) is 4.74. The van der Waals surface area contributed by atoms with Crippen LogP contribution >= 0.6 is 0 Å². The van der Waals surface area contributed by atoms with Crippen LogP contribution < -0.4 is 4.74 Å². The van der Waals surface area contributed by atoms with Crippen molar-refractivity contribution in [1.29, 1.82) is 0 Å². The van der Waals surface area contributed by atoms with Crippen LogP contribution in [0.15, 0.2) is 42.5 Å². The molecule has 0 fully saturated rings. The number of benzene rings is 2. The quantitative estimate of drug-likeness (QED) is 0.924. The average Bonchev–Trinajstić information content (AvgIpc) is 2.49. The Labute approximate surface area is 126 Å². The first kappa shape index (κ1) is 15.8. The highest BCUT2D eigenvalue weighted by molar-refractivity contribution is 5.77. The molecule has 2 aromatic carbocycles. The lowest BCUT2D eigenvalue weighted by Crippen LogP contribution is -2.31. The van der Waals surface area contributed by atoms with E-state index in [0.29, 0.717) is 0 Å². The van der Waals surface area contributed by atoms with Crippen LogP contribution in [0.1, 0.15) is 5.56 Å². The van der Waals surface area contributed by atoms with Gasteiger partial charge in [0.15, 0.2) is 18.1 Å². The molecule has 6 heteroatoms. The first-order valence-electron chi connectivity index (χ1n) is 6.56. The molecule has 2 aromatic rings. The third-order valence-corrected chi connectivity index (χ3v) is 3.06. The Morgan fingerprint density at radius 1 is 1.23 bits per heavy atom. The molecular weight excluding hydrogens is 292 g/mol. The van der Waals surface area contributed by atoms with E-state index in [1.165, 1.54) is 30.1 Å². The third kappa shape index (κ3) is 3.94. The van der Waals surface area contributed by atoms with Gasteiger partial charge in [0.05, 0.1) is 0 Å². The summed E-state index contributed by atoms with van der Waals surface area (Å²) in [6.45, 7) is -0.300. The standard InChI is InChI=1S/C16H15F2NO3/c1-19(9-11-6-7-12(17)8-13(11)18)16(21)10-22-15-5-3-2-4-14(15)20/h2-8,20H,9-10H2,1H3. The Bertz CT molecular complexity index is 676. The number of hydrogen-bond acceptors (Lipinski definition) is 3. The van der Waals surface area contributed by atoms with E-state index in [-0.39, 0.29) is 30.2 Å². The molecule has 0 aliphatic carbocycles. The first-order chi connectivity index (χ1) is 10.5. The molecule has 0 saturated heterocycles. The van der Waals surface area contributed by atoms with Gasteiger partial charge in [-0.25, -0.2) is 8.78 Å². The summed E-state index contributed by atoms with van der Waals surface area (Å²) in [5, 5.41) is 9.52. The van der Waals surface area contributed by atoms with Crippen molar-refractivity contribution in [3.63, 3.8) is 0 Å². The zero-order valence-electron chi connectivity index (χ0n) is 11.9. The number of likely N-dealkylation sites (N-methyl/N-ethyl adjacent to an activating group) is 1. The molecule has 0 aromatic heterocycles. The van der Waals surface area contributed by atoms with E-state index in [1.54, 1.807) is 12.1 Å². The SMILES string of the molecule is CN(Cc1ccc(F)cc1F)C(=O)COc1ccccc1O. The topological polar surface area (TPSA) is 49.8 Å². The van der Waals surface area contributed by atoms with Crippen LogP contribution in [0.25, 0.3) is 0 Å². The van der Waals surface area contributed by atoms with Crippen molar-refractivity contribution in [2.45, 2.75) is 6.54 Å². The summed E-state index contributed by atoms with van der Waals surface area (Å²) >= 11 is 0. The van der Waals surface area contributed by atoms with Gasteiger partial charge in [-0.1, -0.05) is 18.2 Å². The zero-order chi connectivity index (χ0) is 16.1. The minimum Gasteiger partial charge on any atom is -0.504 e. The van der Waals surface area contributed by atoms with Crippen LogP contribution in [0.5, 0.6) is 11.5 Å². The molecule has 4 nitrogen and oxygen atoms in total. The maximum Gasteiger partial charge on any atom is 0.260 e. The van der Waals surface area contributed by atoms with Gasteiger partial charge in [-0.05, 0) is 18.2 Å². The van der Waals surface area contributed by atoms with Gasteiger partial charge in [0, 0.05) is 25.2 Å². The number of para-hydroxylation sites is 2. The highest BCUT2D eigenvalue weighted by Gasteiger charge is 2.13. The predicted octanol–water partition coefficient (Wildman–Crippen LogP) is 2.71. The van der Waals surface area contributed by atoms with Gasteiger partial charge in [-0.2, -0.15) is 0 Å². The molecule has 0 aliphatic heterocycles. The molecule has 0 radical (unpaired) electrons. The van der Waals surface area contributed by atoms with Crippen molar-refractivity contribution in [2.24, 2.45) is 0 Å². The molecule has 0 bridgehead atoms. The number of halogens is 2. The van der Waals surface area contributed by atoms with Gasteiger partial charge < -0.3 is 14.7 Å². The number of phenolic OH excluding ortho intramolecular Hbond substituents is 1. The lowest BCUT2D eigenvalue weighted by Gasteiger charge is -2.18. The van der Waals surface area contributed by atoms with Gasteiger partial charge in [-0.3, -0.25) is 4.79 Å². The van der Waals surface area contributed by atoms with Crippen LogP contribution in [0.4, 0.5) is 8.78 Å². The van der Waals surface area contributed by atoms with E-state index in [9.17, 15) is 18.7 Å². The Balaban J connectivity index is 1.93. The summed E-state index contributed by atoms with van der Waals surface area (Å²) < 4.78 is 31.6. The van der Waals surface area contributed by atoms with Crippen LogP contribution in [0.3, 0.4) is 0 Å². The number of ether oxygens (including phenoxy) is 1. The van der Waals surface area contributed by atoms with Crippen molar-refractivity contribution < 1.29 is 23.4 Å². The second-order valence-electron chi connectivity index (χ2n) is 4.74. The number of rotatable bonds is 5. The molecular formula is C16H15F2NO3. The van der Waals surface area contributed by atoms with Crippen molar-refractivity contribution in [2.75, 3.05) is 13.7 Å². The Hall–Kier alpha value is -2.63. The van der Waals surface area contributed by atoms with E-state index in [0.717, 1.165) is 12.1 Å². The lowest BCUT2D eigenvalue weighted by atomic mass is 10.2. The van der Waals surface area contributed by atoms with E-state index in [4.69, 9.17) is 4.74 Å². The number of aromatic hydroxyl groups is 1. The molecule has 22 heavy (non-hydrogen) atoms. The fourth-order valence-electron chi connectivity index (χ4n) is 1.82. The fraction of sp³-hybridized carbons (Fsp3) is 0.188. The molecule has 0 aliphatic rings. The first-order valence-corrected chi connectivity index (χ1v) is 6.56. The van der Waals surface area contributed by atoms with Crippen molar-refractivity contribution in [3.05, 3.63) is 59.7 Å². The van der Waals surface area contributed by atoms with Crippen molar-refractivity contribution in [1.82, 2.24) is 4.90 Å². The Morgan fingerprint density at radius 3 is 2.64 bits per heavy atom. The van der Waals surface area contributed by atoms with Crippen molar-refractivity contribution >= 4 is 5.91 Å². The normalized spacial score (nSPS) is 10.3. The highest BCUT2D eigenvalue weighted by Crippen LogP contribution is 2.24.